The molecule has 0 aliphatic carbocycles. The van der Waals surface area contributed by atoms with Crippen LogP contribution < -0.4 is 4.74 Å². The van der Waals surface area contributed by atoms with Crippen LogP contribution in [0.3, 0.4) is 0 Å². The Kier molecular flexibility index (Phi) is 2.44. The first-order chi connectivity index (χ1) is 8.75. The van der Waals surface area contributed by atoms with Crippen molar-refractivity contribution in [3.8, 4) is 11.6 Å². The first-order valence-corrected chi connectivity index (χ1v) is 5.65. The molecule has 2 aromatic heterocycles. The van der Waals surface area contributed by atoms with E-state index in [1.807, 2.05) is 38.1 Å². The Labute approximate surface area is 104 Å². The molecule has 3 aromatic rings. The summed E-state index contributed by atoms with van der Waals surface area (Å²) in [7, 11) is 0. The van der Waals surface area contributed by atoms with Crippen molar-refractivity contribution in [2.45, 2.75) is 13.8 Å². The summed E-state index contributed by atoms with van der Waals surface area (Å²) in [5, 5.41) is 7.79. The highest BCUT2D eigenvalue weighted by atomic mass is 16.5. The van der Waals surface area contributed by atoms with Gasteiger partial charge in [0.1, 0.15) is 17.5 Å². The van der Waals surface area contributed by atoms with E-state index in [9.17, 15) is 0 Å². The molecule has 0 spiro atoms. The summed E-state index contributed by atoms with van der Waals surface area (Å²) in [5.41, 5.74) is 2.57. The topological polar surface area (TPSA) is 63.7 Å². The monoisotopic (exact) mass is 240 g/mol. The van der Waals surface area contributed by atoms with E-state index < -0.39 is 0 Å². The number of nitrogens with zero attached hydrogens (tertiary/aromatic N) is 3. The third-order valence-corrected chi connectivity index (χ3v) is 2.80. The van der Waals surface area contributed by atoms with Crippen molar-refractivity contribution < 1.29 is 4.74 Å². The number of ether oxygens (including phenoxy) is 1. The fourth-order valence-corrected chi connectivity index (χ4v) is 1.82. The van der Waals surface area contributed by atoms with Crippen molar-refractivity contribution in [3.05, 3.63) is 41.9 Å². The first kappa shape index (κ1) is 10.7. The zero-order valence-corrected chi connectivity index (χ0v) is 10.1. The van der Waals surface area contributed by atoms with E-state index in [1.54, 1.807) is 0 Å². The van der Waals surface area contributed by atoms with Crippen LogP contribution in [0.15, 0.2) is 30.6 Å². The van der Waals surface area contributed by atoms with Gasteiger partial charge in [0.2, 0.25) is 5.88 Å². The Hall–Kier alpha value is -2.43. The van der Waals surface area contributed by atoms with Gasteiger partial charge in [-0.3, -0.25) is 5.10 Å². The number of benzene rings is 1. The number of rotatable bonds is 2. The lowest BCUT2D eigenvalue weighted by Crippen LogP contribution is -1.92. The van der Waals surface area contributed by atoms with Gasteiger partial charge in [-0.1, -0.05) is 18.2 Å². The number of hydrogen-bond donors (Lipinski definition) is 1. The van der Waals surface area contributed by atoms with Gasteiger partial charge in [-0.05, 0) is 25.5 Å². The number of para-hydroxylation sites is 1. The molecule has 0 aliphatic rings. The third kappa shape index (κ3) is 1.69. The maximum atomic E-state index is 5.85. The molecule has 0 atom stereocenters. The molecule has 18 heavy (non-hydrogen) atoms. The van der Waals surface area contributed by atoms with E-state index in [0.717, 1.165) is 22.4 Å². The molecule has 1 aromatic carbocycles. The van der Waals surface area contributed by atoms with Gasteiger partial charge in [-0.2, -0.15) is 5.10 Å². The summed E-state index contributed by atoms with van der Waals surface area (Å²) >= 11 is 0. The molecule has 0 aliphatic heterocycles. The normalized spacial score (nSPS) is 10.8. The number of aromatic nitrogens is 4. The molecule has 0 radical (unpaired) electrons. The second-order valence-electron chi connectivity index (χ2n) is 4.09. The van der Waals surface area contributed by atoms with Gasteiger partial charge in [0.05, 0.1) is 0 Å². The minimum atomic E-state index is 0.528. The Morgan fingerprint density at radius 2 is 1.94 bits per heavy atom. The lowest BCUT2D eigenvalue weighted by atomic mass is 10.2. The smallest absolute Gasteiger partial charge is 0.233 e. The van der Waals surface area contributed by atoms with Crippen LogP contribution in [-0.2, 0) is 0 Å². The second kappa shape index (κ2) is 4.10. The maximum Gasteiger partial charge on any atom is 0.233 e. The lowest BCUT2D eigenvalue weighted by Gasteiger charge is -2.07. The summed E-state index contributed by atoms with van der Waals surface area (Å²) in [6, 6.07) is 7.82. The van der Waals surface area contributed by atoms with Crippen LogP contribution in [0.25, 0.3) is 11.0 Å². The summed E-state index contributed by atoms with van der Waals surface area (Å²) in [5.74, 6) is 1.32. The van der Waals surface area contributed by atoms with Crippen molar-refractivity contribution in [1.82, 2.24) is 20.2 Å². The number of aryl methyl sites for hydroxylation is 2. The van der Waals surface area contributed by atoms with Gasteiger partial charge in [0, 0.05) is 5.69 Å². The van der Waals surface area contributed by atoms with Gasteiger partial charge in [-0.25, -0.2) is 9.97 Å². The van der Waals surface area contributed by atoms with Crippen LogP contribution in [0.4, 0.5) is 0 Å². The van der Waals surface area contributed by atoms with Crippen molar-refractivity contribution >= 4 is 11.0 Å². The van der Waals surface area contributed by atoms with Crippen molar-refractivity contribution in [2.75, 3.05) is 0 Å². The Morgan fingerprint density at radius 3 is 2.78 bits per heavy atom. The molecular formula is C13H12N4O. The fourth-order valence-electron chi connectivity index (χ4n) is 1.82. The highest BCUT2D eigenvalue weighted by Gasteiger charge is 2.12. The molecule has 3 rings (SSSR count). The van der Waals surface area contributed by atoms with Crippen LogP contribution in [0.5, 0.6) is 11.6 Å². The van der Waals surface area contributed by atoms with Crippen LogP contribution in [-0.4, -0.2) is 20.2 Å². The van der Waals surface area contributed by atoms with Crippen LogP contribution in [0.1, 0.15) is 11.3 Å². The average Bonchev–Trinajstić information content (AvgIpc) is 2.75. The molecule has 0 fully saturated rings. The average molecular weight is 240 g/mol. The summed E-state index contributed by atoms with van der Waals surface area (Å²) in [6.45, 7) is 3.92. The zero-order valence-electron chi connectivity index (χ0n) is 10.1. The molecule has 5 heteroatoms. The van der Waals surface area contributed by atoms with Crippen LogP contribution in [0, 0.1) is 13.8 Å². The molecule has 0 unspecified atom stereocenters. The number of H-pyrrole nitrogens is 1. The molecule has 0 saturated heterocycles. The minimum absolute atomic E-state index is 0.528. The SMILES string of the molecule is Cc1ccccc1Oc1ncnc2n[nH]c(C)c12. The van der Waals surface area contributed by atoms with Crippen molar-refractivity contribution in [3.63, 3.8) is 0 Å². The lowest BCUT2D eigenvalue weighted by molar-refractivity contribution is 0.464. The molecule has 2 heterocycles. The largest absolute Gasteiger partial charge is 0.438 e. The molecule has 0 bridgehead atoms. The van der Waals surface area contributed by atoms with Crippen LogP contribution >= 0.6 is 0 Å². The van der Waals surface area contributed by atoms with E-state index in [1.165, 1.54) is 6.33 Å². The van der Waals surface area contributed by atoms with Crippen LogP contribution in [0.2, 0.25) is 0 Å². The van der Waals surface area contributed by atoms with E-state index in [2.05, 4.69) is 20.2 Å². The molecule has 1 N–H and O–H groups in total. The van der Waals surface area contributed by atoms with E-state index in [0.29, 0.717) is 11.5 Å². The van der Waals surface area contributed by atoms with Gasteiger partial charge in [0.15, 0.2) is 5.65 Å². The third-order valence-electron chi connectivity index (χ3n) is 2.80. The summed E-state index contributed by atoms with van der Waals surface area (Å²) in [4.78, 5) is 8.28. The molecule has 0 saturated carbocycles. The number of hydrogen-bond acceptors (Lipinski definition) is 4. The van der Waals surface area contributed by atoms with Gasteiger partial charge in [-0.15, -0.1) is 0 Å². The van der Waals surface area contributed by atoms with E-state index in [4.69, 9.17) is 4.74 Å². The van der Waals surface area contributed by atoms with E-state index >= 15 is 0 Å². The molecule has 0 amide bonds. The number of aromatic amines is 1. The van der Waals surface area contributed by atoms with Gasteiger partial charge in [0.25, 0.3) is 0 Å². The van der Waals surface area contributed by atoms with Gasteiger partial charge < -0.3 is 4.74 Å². The quantitative estimate of drug-likeness (QED) is 0.748. The maximum absolute atomic E-state index is 5.85. The Bertz CT molecular complexity index is 705. The predicted molar refractivity (Wildman–Crippen MR) is 67.7 cm³/mol. The Balaban J connectivity index is 2.10. The summed E-state index contributed by atoms with van der Waals surface area (Å²) < 4.78 is 5.85. The predicted octanol–water partition coefficient (Wildman–Crippen LogP) is 2.76. The first-order valence-electron chi connectivity index (χ1n) is 5.65. The molecule has 5 nitrogen and oxygen atoms in total. The summed E-state index contributed by atoms with van der Waals surface area (Å²) in [6.07, 6.45) is 1.45. The Morgan fingerprint density at radius 1 is 1.11 bits per heavy atom. The second-order valence-corrected chi connectivity index (χ2v) is 4.09. The molecular weight excluding hydrogens is 228 g/mol. The zero-order chi connectivity index (χ0) is 12.5. The number of nitrogens with one attached hydrogen (secondary N) is 1. The van der Waals surface area contributed by atoms with Crippen molar-refractivity contribution in [2.24, 2.45) is 0 Å². The van der Waals surface area contributed by atoms with E-state index in [-0.39, 0.29) is 0 Å². The number of fused-ring (bicyclic) bond motifs is 1. The van der Waals surface area contributed by atoms with Crippen molar-refractivity contribution in [1.29, 1.82) is 0 Å². The minimum Gasteiger partial charge on any atom is -0.438 e. The highest BCUT2D eigenvalue weighted by Crippen LogP contribution is 2.29. The fraction of sp³-hybridized carbons (Fsp3) is 0.154. The molecule has 90 valence electrons. The highest BCUT2D eigenvalue weighted by molar-refractivity contribution is 5.82. The van der Waals surface area contributed by atoms with Gasteiger partial charge >= 0.3 is 0 Å². The standard InChI is InChI=1S/C13H12N4O/c1-8-5-3-4-6-10(8)18-13-11-9(2)16-17-12(11)14-7-15-13/h3-7H,1-2H3,(H,14,15,16,17).